The van der Waals surface area contributed by atoms with E-state index in [1.165, 1.54) is 11.8 Å². The third-order valence-electron chi connectivity index (χ3n) is 5.96. The van der Waals surface area contributed by atoms with E-state index in [9.17, 15) is 4.79 Å². The predicted molar refractivity (Wildman–Crippen MR) is 139 cm³/mol. The second-order valence-corrected chi connectivity index (χ2v) is 9.03. The van der Waals surface area contributed by atoms with E-state index in [2.05, 4.69) is 10.2 Å². The third kappa shape index (κ3) is 4.83. The second kappa shape index (κ2) is 10.7. The normalized spacial score (nSPS) is 15.0. The Morgan fingerprint density at radius 3 is 2.47 bits per heavy atom. The molecule has 36 heavy (non-hydrogen) atoms. The molecule has 2 heterocycles. The second-order valence-electron chi connectivity index (χ2n) is 8.09. The molecule has 3 aromatic carbocycles. The number of carbonyl (C=O) groups excluding carboxylic acids is 1. The number of methoxy groups -OCH3 is 2. The zero-order chi connectivity index (χ0) is 24.9. The van der Waals surface area contributed by atoms with Gasteiger partial charge in [0.15, 0.2) is 5.16 Å². The summed E-state index contributed by atoms with van der Waals surface area (Å²) < 4.78 is 12.6. The Morgan fingerprint density at radius 1 is 0.972 bits per heavy atom. The molecule has 182 valence electrons. The number of hydrogen-bond donors (Lipinski definition) is 0. The number of rotatable bonds is 8. The average molecular weight is 500 g/mol. The number of thioether (sulfide) groups is 1. The van der Waals surface area contributed by atoms with Crippen LogP contribution in [0.5, 0.6) is 11.5 Å². The van der Waals surface area contributed by atoms with Crippen molar-refractivity contribution in [1.29, 1.82) is 0 Å². The minimum atomic E-state index is -0.203. The van der Waals surface area contributed by atoms with Gasteiger partial charge in [-0.3, -0.25) is 9.36 Å². The standard InChI is InChI=1S/C27H25N5O3S/c1-34-21-14-12-20(13-15-21)24-16-22(19-8-4-3-5-9-19)30-32(24)26(33)17-36-27-29-28-18-31(27)23-10-6-7-11-25(23)35-2/h3-15,18,24H,16-17H2,1-2H3. The van der Waals surface area contributed by atoms with Crippen molar-refractivity contribution in [3.05, 3.63) is 96.3 Å². The number of hydrazone groups is 1. The molecule has 0 N–H and O–H groups in total. The molecule has 8 nitrogen and oxygen atoms in total. The molecule has 1 unspecified atom stereocenters. The summed E-state index contributed by atoms with van der Waals surface area (Å²) >= 11 is 1.32. The Hall–Kier alpha value is -4.11. The molecule has 9 heteroatoms. The zero-order valence-corrected chi connectivity index (χ0v) is 20.8. The molecular formula is C27H25N5O3S. The number of nitrogens with zero attached hydrogens (tertiary/aromatic N) is 5. The highest BCUT2D eigenvalue weighted by atomic mass is 32.2. The molecule has 0 radical (unpaired) electrons. The number of ether oxygens (including phenoxy) is 2. The summed E-state index contributed by atoms with van der Waals surface area (Å²) in [5.41, 5.74) is 3.70. The largest absolute Gasteiger partial charge is 0.497 e. The van der Waals surface area contributed by atoms with Gasteiger partial charge in [0.2, 0.25) is 0 Å². The van der Waals surface area contributed by atoms with Crippen molar-refractivity contribution in [2.24, 2.45) is 5.10 Å². The van der Waals surface area contributed by atoms with Crippen molar-refractivity contribution >= 4 is 23.4 Å². The van der Waals surface area contributed by atoms with Crippen LogP contribution in [0.2, 0.25) is 0 Å². The number of hydrogen-bond acceptors (Lipinski definition) is 7. The van der Waals surface area contributed by atoms with Crippen molar-refractivity contribution in [1.82, 2.24) is 19.8 Å². The summed E-state index contributed by atoms with van der Waals surface area (Å²) in [6.07, 6.45) is 2.25. The summed E-state index contributed by atoms with van der Waals surface area (Å²) in [5.74, 6) is 1.51. The molecule has 5 rings (SSSR count). The summed E-state index contributed by atoms with van der Waals surface area (Å²) in [6.45, 7) is 0. The summed E-state index contributed by atoms with van der Waals surface area (Å²) in [4.78, 5) is 13.5. The Bertz CT molecular complexity index is 1370. The van der Waals surface area contributed by atoms with E-state index in [4.69, 9.17) is 14.6 Å². The van der Waals surface area contributed by atoms with Crippen LogP contribution >= 0.6 is 11.8 Å². The monoisotopic (exact) mass is 499 g/mol. The van der Waals surface area contributed by atoms with E-state index in [1.54, 1.807) is 25.6 Å². The number of aromatic nitrogens is 3. The van der Waals surface area contributed by atoms with Crippen LogP contribution in [0.3, 0.4) is 0 Å². The van der Waals surface area contributed by atoms with Gasteiger partial charge in [-0.2, -0.15) is 5.10 Å². The first-order valence-corrected chi connectivity index (χ1v) is 12.4. The molecule has 0 saturated carbocycles. The number of amides is 1. The molecule has 1 aliphatic heterocycles. The van der Waals surface area contributed by atoms with Gasteiger partial charge in [0, 0.05) is 6.42 Å². The third-order valence-corrected chi connectivity index (χ3v) is 6.89. The Morgan fingerprint density at radius 2 is 1.72 bits per heavy atom. The van der Waals surface area contributed by atoms with Crippen LogP contribution in [0.4, 0.5) is 0 Å². The van der Waals surface area contributed by atoms with Crippen LogP contribution < -0.4 is 9.47 Å². The summed E-state index contributed by atoms with van der Waals surface area (Å²) in [5, 5.41) is 15.2. The van der Waals surface area contributed by atoms with Gasteiger partial charge >= 0.3 is 0 Å². The van der Waals surface area contributed by atoms with Crippen molar-refractivity contribution < 1.29 is 14.3 Å². The van der Waals surface area contributed by atoms with E-state index in [1.807, 2.05) is 83.4 Å². The summed E-state index contributed by atoms with van der Waals surface area (Å²) in [7, 11) is 3.26. The topological polar surface area (TPSA) is 81.8 Å². The van der Waals surface area contributed by atoms with Crippen molar-refractivity contribution in [2.45, 2.75) is 17.6 Å². The first kappa shape index (κ1) is 23.6. The number of benzene rings is 3. The number of carbonyl (C=O) groups is 1. The molecule has 4 aromatic rings. The lowest BCUT2D eigenvalue weighted by atomic mass is 9.98. The Balaban J connectivity index is 1.38. The molecule has 0 saturated heterocycles. The highest BCUT2D eigenvalue weighted by Gasteiger charge is 2.33. The van der Waals surface area contributed by atoms with Crippen molar-refractivity contribution in [2.75, 3.05) is 20.0 Å². The van der Waals surface area contributed by atoms with Crippen molar-refractivity contribution in [3.63, 3.8) is 0 Å². The fourth-order valence-electron chi connectivity index (χ4n) is 4.14. The SMILES string of the molecule is COc1ccc(C2CC(c3ccccc3)=NN2C(=O)CSc2nncn2-c2ccccc2OC)cc1. The van der Waals surface area contributed by atoms with Gasteiger partial charge in [-0.25, -0.2) is 5.01 Å². The molecule has 0 bridgehead atoms. The van der Waals surface area contributed by atoms with E-state index in [0.717, 1.165) is 28.3 Å². The van der Waals surface area contributed by atoms with E-state index >= 15 is 0 Å². The molecule has 0 aliphatic carbocycles. The zero-order valence-electron chi connectivity index (χ0n) is 19.9. The number of para-hydroxylation sites is 2. The Kier molecular flexibility index (Phi) is 6.99. The van der Waals surface area contributed by atoms with E-state index in [-0.39, 0.29) is 17.7 Å². The fourth-order valence-corrected chi connectivity index (χ4v) is 4.91. The van der Waals surface area contributed by atoms with Crippen LogP contribution in [0, 0.1) is 0 Å². The molecular weight excluding hydrogens is 474 g/mol. The van der Waals surface area contributed by atoms with Gasteiger partial charge in [-0.05, 0) is 35.4 Å². The first-order valence-electron chi connectivity index (χ1n) is 11.4. The fraction of sp³-hybridized carbons (Fsp3) is 0.185. The van der Waals surface area contributed by atoms with E-state index in [0.29, 0.717) is 17.3 Å². The average Bonchev–Trinajstić information content (AvgIpc) is 3.60. The molecule has 1 aliphatic rings. The highest BCUT2D eigenvalue weighted by molar-refractivity contribution is 7.99. The lowest BCUT2D eigenvalue weighted by molar-refractivity contribution is -0.130. The van der Waals surface area contributed by atoms with Gasteiger partial charge < -0.3 is 9.47 Å². The highest BCUT2D eigenvalue weighted by Crippen LogP contribution is 2.35. The maximum absolute atomic E-state index is 13.5. The van der Waals surface area contributed by atoms with Gasteiger partial charge in [0.05, 0.1) is 37.4 Å². The van der Waals surface area contributed by atoms with Crippen LogP contribution in [0.1, 0.15) is 23.6 Å². The molecule has 1 amide bonds. The van der Waals surface area contributed by atoms with Gasteiger partial charge in [-0.1, -0.05) is 66.4 Å². The molecule has 0 spiro atoms. The minimum Gasteiger partial charge on any atom is -0.497 e. The van der Waals surface area contributed by atoms with Crippen LogP contribution in [-0.4, -0.2) is 51.4 Å². The maximum Gasteiger partial charge on any atom is 0.253 e. The van der Waals surface area contributed by atoms with Crippen LogP contribution in [0.25, 0.3) is 5.69 Å². The Labute approximate surface area is 213 Å². The van der Waals surface area contributed by atoms with Crippen molar-refractivity contribution in [3.8, 4) is 17.2 Å². The quantitative estimate of drug-likeness (QED) is 0.325. The predicted octanol–water partition coefficient (Wildman–Crippen LogP) is 4.75. The minimum absolute atomic E-state index is 0.110. The smallest absolute Gasteiger partial charge is 0.253 e. The molecule has 0 fully saturated rings. The molecule has 1 atom stereocenters. The van der Waals surface area contributed by atoms with Gasteiger partial charge in [0.1, 0.15) is 17.8 Å². The van der Waals surface area contributed by atoms with Crippen LogP contribution in [0.15, 0.2) is 95.4 Å². The summed E-state index contributed by atoms with van der Waals surface area (Å²) in [6, 6.07) is 25.1. The first-order chi connectivity index (χ1) is 17.7. The lowest BCUT2D eigenvalue weighted by Crippen LogP contribution is -2.28. The molecule has 1 aromatic heterocycles. The van der Waals surface area contributed by atoms with Gasteiger partial charge in [-0.15, -0.1) is 10.2 Å². The maximum atomic E-state index is 13.5. The van der Waals surface area contributed by atoms with E-state index < -0.39 is 0 Å². The van der Waals surface area contributed by atoms with Crippen LogP contribution in [-0.2, 0) is 4.79 Å². The van der Waals surface area contributed by atoms with Gasteiger partial charge in [0.25, 0.3) is 5.91 Å². The lowest BCUT2D eigenvalue weighted by Gasteiger charge is -2.22.